The third-order valence-electron chi connectivity index (χ3n) is 7.54. The van der Waals surface area contributed by atoms with Gasteiger partial charge < -0.3 is 15.1 Å². The summed E-state index contributed by atoms with van der Waals surface area (Å²) in [6.07, 6.45) is 5.46. The monoisotopic (exact) mass is 461 g/mol. The van der Waals surface area contributed by atoms with Gasteiger partial charge in [-0.15, -0.1) is 0 Å². The van der Waals surface area contributed by atoms with Gasteiger partial charge in [-0.05, 0) is 49.3 Å². The number of carbonyl (C=O) groups is 3. The Labute approximate surface area is 199 Å². The zero-order valence-corrected chi connectivity index (χ0v) is 19.3. The second-order valence-electron chi connectivity index (χ2n) is 9.61. The van der Waals surface area contributed by atoms with Crippen LogP contribution in [-0.4, -0.2) is 59.4 Å². The third-order valence-corrected chi connectivity index (χ3v) is 7.54. The molecule has 0 bridgehead atoms. The lowest BCUT2D eigenvalue weighted by Gasteiger charge is -2.42. The van der Waals surface area contributed by atoms with Crippen LogP contribution in [0.15, 0.2) is 54.7 Å². The molecule has 1 aromatic carbocycles. The topological polar surface area (TPSA) is 94.6 Å². The van der Waals surface area contributed by atoms with Gasteiger partial charge >= 0.3 is 6.03 Å². The highest BCUT2D eigenvalue weighted by Crippen LogP contribution is 2.35. The Morgan fingerprint density at radius 2 is 1.76 bits per heavy atom. The summed E-state index contributed by atoms with van der Waals surface area (Å²) in [6, 6.07) is 15.2. The lowest BCUT2D eigenvalue weighted by atomic mass is 9.74. The first kappa shape index (κ1) is 22.4. The number of amides is 4. The highest BCUT2D eigenvalue weighted by Gasteiger charge is 2.52. The molecule has 0 aliphatic carbocycles. The van der Waals surface area contributed by atoms with E-state index >= 15 is 0 Å². The number of piperidine rings is 2. The quantitative estimate of drug-likeness (QED) is 0.667. The Morgan fingerprint density at radius 1 is 1.00 bits per heavy atom. The fourth-order valence-corrected chi connectivity index (χ4v) is 5.76. The van der Waals surface area contributed by atoms with Crippen LogP contribution < -0.4 is 15.5 Å². The zero-order valence-electron chi connectivity index (χ0n) is 19.3. The highest BCUT2D eigenvalue weighted by atomic mass is 16.2. The number of rotatable bonds is 5. The molecule has 3 aliphatic rings. The summed E-state index contributed by atoms with van der Waals surface area (Å²) in [7, 11) is 0. The number of imide groups is 1. The van der Waals surface area contributed by atoms with Crippen molar-refractivity contribution < 1.29 is 14.4 Å². The summed E-state index contributed by atoms with van der Waals surface area (Å²) in [5.74, 6) is 0.782. The average molecular weight is 462 g/mol. The number of hydrogen-bond acceptors (Lipinski definition) is 5. The van der Waals surface area contributed by atoms with Gasteiger partial charge in [0.15, 0.2) is 0 Å². The first-order valence-corrected chi connectivity index (χ1v) is 12.2. The minimum Gasteiger partial charge on any atom is -0.356 e. The number of nitrogens with zero attached hydrogens (tertiary/aromatic N) is 3. The first-order chi connectivity index (χ1) is 16.5. The predicted molar refractivity (Wildman–Crippen MR) is 128 cm³/mol. The van der Waals surface area contributed by atoms with Crippen LogP contribution in [0, 0.1) is 11.8 Å². The molecule has 5 rings (SSSR count). The van der Waals surface area contributed by atoms with Gasteiger partial charge in [0, 0.05) is 38.8 Å². The molecule has 0 radical (unpaired) electrons. The summed E-state index contributed by atoms with van der Waals surface area (Å²) in [5.41, 5.74) is 0.0453. The van der Waals surface area contributed by atoms with E-state index in [9.17, 15) is 14.4 Å². The second-order valence-corrected chi connectivity index (χ2v) is 9.61. The summed E-state index contributed by atoms with van der Waals surface area (Å²) in [4.78, 5) is 47.0. The van der Waals surface area contributed by atoms with Crippen LogP contribution in [-0.2, 0) is 16.0 Å². The first-order valence-electron chi connectivity index (χ1n) is 12.2. The van der Waals surface area contributed by atoms with E-state index in [1.54, 1.807) is 6.20 Å². The minimum atomic E-state index is -0.964. The number of benzene rings is 1. The Balaban J connectivity index is 1.24. The predicted octanol–water partition coefficient (Wildman–Crippen LogP) is 2.36. The van der Waals surface area contributed by atoms with Gasteiger partial charge in [-0.1, -0.05) is 36.4 Å². The van der Waals surface area contributed by atoms with Crippen LogP contribution in [0.4, 0.5) is 10.6 Å². The van der Waals surface area contributed by atoms with E-state index < -0.39 is 11.6 Å². The van der Waals surface area contributed by atoms with E-state index in [-0.39, 0.29) is 23.7 Å². The summed E-state index contributed by atoms with van der Waals surface area (Å²) < 4.78 is 0. The standard InChI is InChI=1S/C26H31N5O3/c32-23(20-9-6-14-31(18-20)22-10-4-5-13-27-22)30-15-11-21(12-16-30)26(24(33)28-25(34)29-26)17-19-7-2-1-3-8-19/h1-5,7-8,10,13,20-21H,6,9,11-12,14-18H2,(H2,28,29,33,34)/t20-,26-/m1/s1. The van der Waals surface area contributed by atoms with Gasteiger partial charge in [0.05, 0.1) is 5.92 Å². The van der Waals surface area contributed by atoms with E-state index in [4.69, 9.17) is 0 Å². The van der Waals surface area contributed by atoms with Crippen LogP contribution in [0.5, 0.6) is 0 Å². The van der Waals surface area contributed by atoms with Gasteiger partial charge in [-0.25, -0.2) is 9.78 Å². The maximum absolute atomic E-state index is 13.4. The lowest BCUT2D eigenvalue weighted by molar-refractivity contribution is -0.138. The fraction of sp³-hybridized carbons (Fsp3) is 0.462. The molecular weight excluding hydrogens is 430 g/mol. The van der Waals surface area contributed by atoms with Crippen molar-refractivity contribution in [3.63, 3.8) is 0 Å². The molecule has 0 unspecified atom stereocenters. The van der Waals surface area contributed by atoms with Crippen molar-refractivity contribution >= 4 is 23.7 Å². The van der Waals surface area contributed by atoms with Crippen molar-refractivity contribution in [3.05, 3.63) is 60.3 Å². The molecule has 0 spiro atoms. The fourth-order valence-electron chi connectivity index (χ4n) is 5.76. The van der Waals surface area contributed by atoms with E-state index in [0.717, 1.165) is 30.8 Å². The molecule has 3 fully saturated rings. The Hall–Kier alpha value is -3.42. The zero-order chi connectivity index (χ0) is 23.5. The van der Waals surface area contributed by atoms with E-state index in [1.807, 2.05) is 53.4 Å². The molecule has 4 amide bonds. The van der Waals surface area contributed by atoms with Crippen LogP contribution >= 0.6 is 0 Å². The van der Waals surface area contributed by atoms with Crippen molar-refractivity contribution in [2.45, 2.75) is 37.6 Å². The molecule has 8 nitrogen and oxygen atoms in total. The second kappa shape index (κ2) is 9.44. The van der Waals surface area contributed by atoms with Crippen molar-refractivity contribution in [2.24, 2.45) is 11.8 Å². The van der Waals surface area contributed by atoms with Crippen LogP contribution in [0.25, 0.3) is 0 Å². The minimum absolute atomic E-state index is 0.0282. The Kier molecular flexibility index (Phi) is 6.22. The molecule has 34 heavy (non-hydrogen) atoms. The number of anilines is 1. The largest absolute Gasteiger partial charge is 0.356 e. The molecule has 0 saturated carbocycles. The number of urea groups is 1. The molecule has 2 atom stereocenters. The Bertz CT molecular complexity index is 1040. The van der Waals surface area contributed by atoms with Crippen molar-refractivity contribution in [3.8, 4) is 0 Å². The Morgan fingerprint density at radius 3 is 2.44 bits per heavy atom. The molecule has 2 aromatic rings. The van der Waals surface area contributed by atoms with Crippen molar-refractivity contribution in [1.29, 1.82) is 0 Å². The summed E-state index contributed by atoms with van der Waals surface area (Å²) in [6.45, 7) is 2.80. The molecule has 3 aliphatic heterocycles. The van der Waals surface area contributed by atoms with Crippen molar-refractivity contribution in [1.82, 2.24) is 20.5 Å². The molecule has 4 heterocycles. The highest BCUT2D eigenvalue weighted by molar-refractivity contribution is 6.07. The number of pyridine rings is 1. The molecular formula is C26H31N5O3. The molecule has 3 saturated heterocycles. The smallest absolute Gasteiger partial charge is 0.322 e. The maximum atomic E-state index is 13.4. The average Bonchev–Trinajstić information content (AvgIpc) is 3.18. The van der Waals surface area contributed by atoms with Crippen molar-refractivity contribution in [2.75, 3.05) is 31.1 Å². The number of nitrogens with one attached hydrogen (secondary N) is 2. The normalized spacial score (nSPS) is 25.7. The van der Waals surface area contributed by atoms with Crippen LogP contribution in [0.1, 0.15) is 31.2 Å². The SMILES string of the molecule is O=C1NC(=O)[C@@](Cc2ccccc2)(C2CCN(C(=O)[C@@H]3CCCN(c4ccccn4)C3)CC2)N1. The molecule has 1 aromatic heterocycles. The van der Waals surface area contributed by atoms with Gasteiger partial charge in [0.2, 0.25) is 5.91 Å². The number of likely N-dealkylation sites (tertiary alicyclic amines) is 1. The van der Waals surface area contributed by atoms with Crippen LogP contribution in [0.3, 0.4) is 0 Å². The van der Waals surface area contributed by atoms with Gasteiger partial charge in [0.1, 0.15) is 11.4 Å². The molecule has 2 N–H and O–H groups in total. The van der Waals surface area contributed by atoms with Gasteiger partial charge in [-0.3, -0.25) is 14.9 Å². The maximum Gasteiger partial charge on any atom is 0.322 e. The third kappa shape index (κ3) is 4.36. The van der Waals surface area contributed by atoms with Crippen LogP contribution in [0.2, 0.25) is 0 Å². The number of carbonyl (C=O) groups excluding carboxylic acids is 3. The van der Waals surface area contributed by atoms with E-state index in [1.165, 1.54) is 0 Å². The van der Waals surface area contributed by atoms with E-state index in [2.05, 4.69) is 20.5 Å². The summed E-state index contributed by atoms with van der Waals surface area (Å²) >= 11 is 0. The molecule has 178 valence electrons. The van der Waals surface area contributed by atoms with Gasteiger partial charge in [0.25, 0.3) is 5.91 Å². The van der Waals surface area contributed by atoms with Gasteiger partial charge in [-0.2, -0.15) is 0 Å². The number of hydrogen-bond donors (Lipinski definition) is 2. The van der Waals surface area contributed by atoms with E-state index in [0.29, 0.717) is 38.9 Å². The summed E-state index contributed by atoms with van der Waals surface area (Å²) in [5, 5.41) is 5.40. The number of aromatic nitrogens is 1. The molecule has 8 heteroatoms. The lowest BCUT2D eigenvalue weighted by Crippen LogP contribution is -2.58.